The van der Waals surface area contributed by atoms with E-state index in [-0.39, 0.29) is 0 Å². The van der Waals surface area contributed by atoms with Crippen molar-refractivity contribution in [2.24, 2.45) is 5.73 Å². The summed E-state index contributed by atoms with van der Waals surface area (Å²) in [5, 5.41) is 0. The fourth-order valence-corrected chi connectivity index (χ4v) is 2.02. The van der Waals surface area contributed by atoms with E-state index < -0.39 is 0 Å². The number of aromatic amines is 1. The fourth-order valence-electron chi connectivity index (χ4n) is 2.02. The topological polar surface area (TPSA) is 73.2 Å². The normalized spacial score (nSPS) is 12.9. The van der Waals surface area contributed by atoms with E-state index in [1.165, 1.54) is 0 Å². The van der Waals surface area contributed by atoms with Gasteiger partial charge in [0.1, 0.15) is 5.82 Å². The number of hydrogen-bond donors (Lipinski definition) is 2. The highest BCUT2D eigenvalue weighted by Crippen LogP contribution is 2.32. The Labute approximate surface area is 105 Å². The lowest BCUT2D eigenvalue weighted by Crippen LogP contribution is -2.02. The third kappa shape index (κ3) is 2.17. The second kappa shape index (κ2) is 4.70. The maximum Gasteiger partial charge on any atom is 0.231 e. The van der Waals surface area contributed by atoms with Crippen molar-refractivity contribution in [2.45, 2.75) is 12.8 Å². The van der Waals surface area contributed by atoms with Gasteiger partial charge in [-0.2, -0.15) is 0 Å². The molecule has 0 fully saturated rings. The van der Waals surface area contributed by atoms with Crippen molar-refractivity contribution in [3.63, 3.8) is 0 Å². The van der Waals surface area contributed by atoms with Crippen molar-refractivity contribution >= 4 is 0 Å². The molecule has 18 heavy (non-hydrogen) atoms. The zero-order valence-electron chi connectivity index (χ0n) is 9.98. The first-order chi connectivity index (χ1) is 8.85. The summed E-state index contributed by atoms with van der Waals surface area (Å²) in [6.07, 6.45) is 3.42. The fraction of sp³-hybridized carbons (Fsp3) is 0.308. The number of nitrogens with two attached hydrogens (primary N) is 1. The van der Waals surface area contributed by atoms with Crippen LogP contribution in [-0.2, 0) is 12.8 Å². The summed E-state index contributed by atoms with van der Waals surface area (Å²) in [5.41, 5.74) is 7.73. The van der Waals surface area contributed by atoms with Crippen molar-refractivity contribution in [1.29, 1.82) is 0 Å². The van der Waals surface area contributed by atoms with Gasteiger partial charge < -0.3 is 20.2 Å². The lowest BCUT2D eigenvalue weighted by Gasteiger charge is -2.01. The van der Waals surface area contributed by atoms with Gasteiger partial charge in [0.25, 0.3) is 0 Å². The second-order valence-corrected chi connectivity index (χ2v) is 4.26. The average molecular weight is 245 g/mol. The lowest BCUT2D eigenvalue weighted by molar-refractivity contribution is 0.174. The van der Waals surface area contributed by atoms with Gasteiger partial charge in [-0.25, -0.2) is 4.98 Å². The van der Waals surface area contributed by atoms with Gasteiger partial charge >= 0.3 is 0 Å². The van der Waals surface area contributed by atoms with Gasteiger partial charge in [0, 0.05) is 24.7 Å². The van der Waals surface area contributed by atoms with Crippen LogP contribution in [0.2, 0.25) is 0 Å². The lowest BCUT2D eigenvalue weighted by atomic mass is 10.1. The molecule has 5 heteroatoms. The molecule has 3 rings (SSSR count). The molecule has 2 aromatic rings. The highest BCUT2D eigenvalue weighted by Gasteiger charge is 2.13. The monoisotopic (exact) mass is 245 g/mol. The number of aromatic nitrogens is 2. The maximum absolute atomic E-state index is 5.51. The van der Waals surface area contributed by atoms with E-state index in [4.69, 9.17) is 15.2 Å². The molecule has 0 radical (unpaired) electrons. The first kappa shape index (κ1) is 11.1. The molecule has 1 aromatic heterocycles. The number of rotatable bonds is 4. The molecule has 94 valence electrons. The summed E-state index contributed by atoms with van der Waals surface area (Å²) in [6.45, 7) is 0.936. The molecule has 0 amide bonds. The number of hydrogen-bond acceptors (Lipinski definition) is 4. The zero-order chi connectivity index (χ0) is 12.4. The van der Waals surface area contributed by atoms with Crippen molar-refractivity contribution in [3.05, 3.63) is 41.5 Å². The number of H-pyrrole nitrogens is 1. The van der Waals surface area contributed by atoms with Crippen molar-refractivity contribution in [1.82, 2.24) is 9.97 Å². The maximum atomic E-state index is 5.51. The summed E-state index contributed by atoms with van der Waals surface area (Å²) in [5.74, 6) is 2.56. The largest absolute Gasteiger partial charge is 0.454 e. The van der Waals surface area contributed by atoms with Gasteiger partial charge in [-0.1, -0.05) is 6.07 Å². The van der Waals surface area contributed by atoms with Crippen LogP contribution in [0.5, 0.6) is 11.5 Å². The summed E-state index contributed by atoms with van der Waals surface area (Å²) in [4.78, 5) is 7.61. The van der Waals surface area contributed by atoms with Crippen LogP contribution >= 0.6 is 0 Å². The van der Waals surface area contributed by atoms with E-state index in [1.54, 1.807) is 0 Å². The SMILES string of the molecule is NCCc1cnc(Cc2ccc3c(c2)OCO3)[nH]1. The summed E-state index contributed by atoms with van der Waals surface area (Å²) < 4.78 is 10.6. The Morgan fingerprint density at radius 1 is 1.28 bits per heavy atom. The van der Waals surface area contributed by atoms with Crippen LogP contribution in [0.4, 0.5) is 0 Å². The molecule has 1 aliphatic rings. The highest BCUT2D eigenvalue weighted by atomic mass is 16.7. The molecule has 0 bridgehead atoms. The molecule has 0 saturated carbocycles. The van der Waals surface area contributed by atoms with Crippen LogP contribution in [0.3, 0.4) is 0 Å². The number of nitrogens with one attached hydrogen (secondary N) is 1. The summed E-state index contributed by atoms with van der Waals surface area (Å²) in [6, 6.07) is 5.95. The minimum absolute atomic E-state index is 0.306. The predicted octanol–water partition coefficient (Wildman–Crippen LogP) is 1.23. The smallest absolute Gasteiger partial charge is 0.231 e. The Morgan fingerprint density at radius 3 is 3.06 bits per heavy atom. The van der Waals surface area contributed by atoms with Crippen LogP contribution < -0.4 is 15.2 Å². The number of fused-ring (bicyclic) bond motifs is 1. The number of benzene rings is 1. The Bertz CT molecular complexity index is 551. The Balaban J connectivity index is 1.75. The summed E-state index contributed by atoms with van der Waals surface area (Å²) in [7, 11) is 0. The average Bonchev–Trinajstić information content (AvgIpc) is 2.98. The molecule has 0 aliphatic carbocycles. The number of imidazole rings is 1. The summed E-state index contributed by atoms with van der Waals surface area (Å²) >= 11 is 0. The molecule has 1 aliphatic heterocycles. The van der Waals surface area contributed by atoms with E-state index in [0.717, 1.165) is 41.4 Å². The molecule has 1 aromatic carbocycles. The quantitative estimate of drug-likeness (QED) is 0.849. The molecule has 0 unspecified atom stereocenters. The first-order valence-electron chi connectivity index (χ1n) is 5.96. The van der Waals surface area contributed by atoms with Crippen molar-refractivity contribution < 1.29 is 9.47 Å². The third-order valence-corrected chi connectivity index (χ3v) is 2.90. The van der Waals surface area contributed by atoms with Gasteiger partial charge in [0.15, 0.2) is 11.5 Å². The molecular weight excluding hydrogens is 230 g/mol. The predicted molar refractivity (Wildman–Crippen MR) is 66.7 cm³/mol. The van der Waals surface area contributed by atoms with E-state index in [9.17, 15) is 0 Å². The molecule has 2 heterocycles. The van der Waals surface area contributed by atoms with Gasteiger partial charge in [-0.3, -0.25) is 0 Å². The highest BCUT2D eigenvalue weighted by molar-refractivity contribution is 5.45. The van der Waals surface area contributed by atoms with Gasteiger partial charge in [-0.05, 0) is 24.2 Å². The van der Waals surface area contributed by atoms with E-state index in [2.05, 4.69) is 9.97 Å². The Morgan fingerprint density at radius 2 is 2.17 bits per heavy atom. The molecule has 3 N–H and O–H groups in total. The number of nitrogens with zero attached hydrogens (tertiary/aromatic N) is 1. The standard InChI is InChI=1S/C13H15N3O2/c14-4-3-10-7-15-13(16-10)6-9-1-2-11-12(5-9)18-8-17-11/h1-2,5,7H,3-4,6,8,14H2,(H,15,16). The van der Waals surface area contributed by atoms with Crippen molar-refractivity contribution in [2.75, 3.05) is 13.3 Å². The van der Waals surface area contributed by atoms with Crippen LogP contribution in [0.15, 0.2) is 24.4 Å². The van der Waals surface area contributed by atoms with Gasteiger partial charge in [0.2, 0.25) is 6.79 Å². The Hall–Kier alpha value is -2.01. The molecule has 0 spiro atoms. The Kier molecular flexibility index (Phi) is 2.90. The molecule has 0 saturated heterocycles. The van der Waals surface area contributed by atoms with Crippen molar-refractivity contribution in [3.8, 4) is 11.5 Å². The second-order valence-electron chi connectivity index (χ2n) is 4.26. The third-order valence-electron chi connectivity index (χ3n) is 2.90. The molecular formula is C13H15N3O2. The first-order valence-corrected chi connectivity index (χ1v) is 5.96. The van der Waals surface area contributed by atoms with E-state index in [1.807, 2.05) is 24.4 Å². The van der Waals surface area contributed by atoms with E-state index >= 15 is 0 Å². The van der Waals surface area contributed by atoms with E-state index in [0.29, 0.717) is 13.3 Å². The van der Waals surface area contributed by atoms with Crippen LogP contribution in [-0.4, -0.2) is 23.3 Å². The molecule has 0 atom stereocenters. The zero-order valence-corrected chi connectivity index (χ0v) is 9.98. The molecule has 5 nitrogen and oxygen atoms in total. The minimum atomic E-state index is 0.306. The van der Waals surface area contributed by atoms with Crippen LogP contribution in [0.1, 0.15) is 17.1 Å². The van der Waals surface area contributed by atoms with Crippen LogP contribution in [0, 0.1) is 0 Å². The van der Waals surface area contributed by atoms with Crippen LogP contribution in [0.25, 0.3) is 0 Å². The van der Waals surface area contributed by atoms with Gasteiger partial charge in [0.05, 0.1) is 0 Å². The minimum Gasteiger partial charge on any atom is -0.454 e. The number of ether oxygens (including phenoxy) is 2. The van der Waals surface area contributed by atoms with Gasteiger partial charge in [-0.15, -0.1) is 0 Å².